The molecule has 0 radical (unpaired) electrons. The number of hydrogen-bond acceptors (Lipinski definition) is 5. The highest BCUT2D eigenvalue weighted by Crippen LogP contribution is 2.23. The monoisotopic (exact) mass is 345 g/mol. The van der Waals surface area contributed by atoms with Crippen LogP contribution in [0.2, 0.25) is 0 Å². The van der Waals surface area contributed by atoms with Gasteiger partial charge in [0.15, 0.2) is 11.5 Å². The van der Waals surface area contributed by atoms with Crippen molar-refractivity contribution in [3.05, 3.63) is 48.4 Å². The minimum absolute atomic E-state index is 0.0230. The summed E-state index contributed by atoms with van der Waals surface area (Å²) < 4.78 is 26.7. The molecule has 2 heterocycles. The first-order chi connectivity index (χ1) is 11.3. The zero-order chi connectivity index (χ0) is 17.3. The molecule has 3 aromatic rings. The Kier molecular flexibility index (Phi) is 3.94. The van der Waals surface area contributed by atoms with Crippen LogP contribution >= 0.6 is 0 Å². The van der Waals surface area contributed by atoms with E-state index in [-0.39, 0.29) is 6.42 Å². The van der Waals surface area contributed by atoms with Gasteiger partial charge in [0.05, 0.1) is 12.7 Å². The summed E-state index contributed by atoms with van der Waals surface area (Å²) in [7, 11) is -3.34. The Hall–Kier alpha value is -2.94. The SMILES string of the molecule is CS(=O)(=O)Nc1cccc(-c2ccc3nc(CC(N)=O)nn3c2)c1. The van der Waals surface area contributed by atoms with Gasteiger partial charge in [-0.05, 0) is 29.8 Å². The Morgan fingerprint density at radius 3 is 2.75 bits per heavy atom. The Bertz CT molecular complexity index is 1030. The molecule has 3 rings (SSSR count). The number of carbonyl (C=O) groups excluding carboxylic acids is 1. The highest BCUT2D eigenvalue weighted by atomic mass is 32.2. The normalized spacial score (nSPS) is 11.5. The number of primary amides is 1. The van der Waals surface area contributed by atoms with Gasteiger partial charge >= 0.3 is 0 Å². The second-order valence-electron chi connectivity index (χ2n) is 5.35. The molecule has 3 N–H and O–H groups in total. The minimum Gasteiger partial charge on any atom is -0.369 e. The largest absolute Gasteiger partial charge is 0.369 e. The third kappa shape index (κ3) is 3.69. The molecule has 8 nitrogen and oxygen atoms in total. The van der Waals surface area contributed by atoms with E-state index in [4.69, 9.17) is 5.73 Å². The second-order valence-corrected chi connectivity index (χ2v) is 7.10. The van der Waals surface area contributed by atoms with Crippen LogP contribution in [0.5, 0.6) is 0 Å². The molecular formula is C15H15N5O3S. The van der Waals surface area contributed by atoms with E-state index in [1.54, 1.807) is 35.0 Å². The number of aromatic nitrogens is 3. The van der Waals surface area contributed by atoms with Crippen LogP contribution in [0.4, 0.5) is 5.69 Å². The van der Waals surface area contributed by atoms with Crippen LogP contribution in [0.1, 0.15) is 5.82 Å². The fourth-order valence-corrected chi connectivity index (χ4v) is 2.86. The molecule has 2 aromatic heterocycles. The number of sulfonamides is 1. The molecule has 0 atom stereocenters. The van der Waals surface area contributed by atoms with Gasteiger partial charge in [-0.1, -0.05) is 12.1 Å². The lowest BCUT2D eigenvalue weighted by molar-refractivity contribution is -0.117. The quantitative estimate of drug-likeness (QED) is 0.708. The van der Waals surface area contributed by atoms with Gasteiger partial charge in [0.1, 0.15) is 0 Å². The summed E-state index contributed by atoms with van der Waals surface area (Å²) in [5, 5.41) is 4.21. The van der Waals surface area contributed by atoms with Gasteiger partial charge in [0.25, 0.3) is 0 Å². The molecule has 124 valence electrons. The fraction of sp³-hybridized carbons (Fsp3) is 0.133. The summed E-state index contributed by atoms with van der Waals surface area (Å²) in [6, 6.07) is 10.6. The van der Waals surface area contributed by atoms with Gasteiger partial charge in [-0.3, -0.25) is 9.52 Å². The zero-order valence-corrected chi connectivity index (χ0v) is 13.6. The molecule has 0 spiro atoms. The van der Waals surface area contributed by atoms with E-state index in [2.05, 4.69) is 14.8 Å². The standard InChI is InChI=1S/C15H15N5O3S/c1-24(22,23)19-12-4-2-3-10(7-12)11-5-6-15-17-14(8-13(16)21)18-20(15)9-11/h2-7,9,19H,8H2,1H3,(H2,16,21). The minimum atomic E-state index is -3.34. The van der Waals surface area contributed by atoms with Gasteiger partial charge in [-0.15, -0.1) is 0 Å². The third-order valence-electron chi connectivity index (χ3n) is 3.21. The van der Waals surface area contributed by atoms with Crippen LogP contribution in [-0.2, 0) is 21.2 Å². The summed E-state index contributed by atoms with van der Waals surface area (Å²) in [5.41, 5.74) is 7.87. The molecule has 0 fully saturated rings. The number of rotatable bonds is 5. The Morgan fingerprint density at radius 1 is 1.25 bits per heavy atom. The molecule has 0 aliphatic carbocycles. The molecule has 1 amide bonds. The van der Waals surface area contributed by atoms with Gasteiger partial charge in [0.2, 0.25) is 15.9 Å². The van der Waals surface area contributed by atoms with Crippen LogP contribution in [0.15, 0.2) is 42.6 Å². The van der Waals surface area contributed by atoms with Gasteiger partial charge in [0, 0.05) is 17.4 Å². The fourth-order valence-electron chi connectivity index (χ4n) is 2.31. The summed E-state index contributed by atoms with van der Waals surface area (Å²) in [6.07, 6.45) is 2.83. The average molecular weight is 345 g/mol. The number of anilines is 1. The van der Waals surface area contributed by atoms with Gasteiger partial charge in [-0.2, -0.15) is 5.10 Å². The van der Waals surface area contributed by atoms with Crippen molar-refractivity contribution >= 4 is 27.3 Å². The Morgan fingerprint density at radius 2 is 2.04 bits per heavy atom. The van der Waals surface area contributed by atoms with Crippen molar-refractivity contribution in [3.63, 3.8) is 0 Å². The number of amides is 1. The van der Waals surface area contributed by atoms with Crippen molar-refractivity contribution in [2.45, 2.75) is 6.42 Å². The van der Waals surface area contributed by atoms with Crippen molar-refractivity contribution in [2.24, 2.45) is 5.73 Å². The van der Waals surface area contributed by atoms with E-state index in [0.717, 1.165) is 17.4 Å². The van der Waals surface area contributed by atoms with Crippen molar-refractivity contribution < 1.29 is 13.2 Å². The van der Waals surface area contributed by atoms with E-state index in [0.29, 0.717) is 17.2 Å². The highest BCUT2D eigenvalue weighted by molar-refractivity contribution is 7.92. The molecule has 24 heavy (non-hydrogen) atoms. The third-order valence-corrected chi connectivity index (χ3v) is 3.81. The molecule has 0 saturated heterocycles. The zero-order valence-electron chi connectivity index (χ0n) is 12.8. The lowest BCUT2D eigenvalue weighted by Crippen LogP contribution is -2.14. The molecule has 0 aliphatic rings. The first-order valence-corrected chi connectivity index (χ1v) is 8.91. The lowest BCUT2D eigenvalue weighted by atomic mass is 10.1. The second kappa shape index (κ2) is 5.93. The van der Waals surface area contributed by atoms with Crippen LogP contribution in [0, 0.1) is 0 Å². The van der Waals surface area contributed by atoms with Crippen LogP contribution in [0.3, 0.4) is 0 Å². The number of nitrogens with zero attached hydrogens (tertiary/aromatic N) is 3. The number of fused-ring (bicyclic) bond motifs is 1. The number of benzene rings is 1. The Labute approximate surface area is 138 Å². The van der Waals surface area contributed by atoms with Crippen molar-refractivity contribution in [2.75, 3.05) is 11.0 Å². The summed E-state index contributed by atoms with van der Waals surface area (Å²) >= 11 is 0. The summed E-state index contributed by atoms with van der Waals surface area (Å²) in [5.74, 6) is -0.141. The molecule has 1 aromatic carbocycles. The van der Waals surface area contributed by atoms with Gasteiger partial charge in [-0.25, -0.2) is 17.9 Å². The van der Waals surface area contributed by atoms with Crippen molar-refractivity contribution in [3.8, 4) is 11.1 Å². The average Bonchev–Trinajstić information content (AvgIpc) is 2.85. The molecule has 0 aliphatic heterocycles. The van der Waals surface area contributed by atoms with Crippen LogP contribution in [-0.4, -0.2) is 35.2 Å². The summed E-state index contributed by atoms with van der Waals surface area (Å²) in [6.45, 7) is 0. The number of pyridine rings is 1. The predicted molar refractivity (Wildman–Crippen MR) is 89.8 cm³/mol. The number of hydrogen-bond donors (Lipinski definition) is 2. The molecule has 0 unspecified atom stereocenters. The smallest absolute Gasteiger partial charge is 0.229 e. The van der Waals surface area contributed by atoms with E-state index in [1.165, 1.54) is 0 Å². The first kappa shape index (κ1) is 15.9. The maximum atomic E-state index is 11.3. The lowest BCUT2D eigenvalue weighted by Gasteiger charge is -2.07. The number of nitrogens with one attached hydrogen (secondary N) is 1. The van der Waals surface area contributed by atoms with Crippen molar-refractivity contribution in [1.29, 1.82) is 0 Å². The number of nitrogens with two attached hydrogens (primary N) is 1. The number of carbonyl (C=O) groups is 1. The molecule has 0 saturated carbocycles. The molecular weight excluding hydrogens is 330 g/mol. The molecule has 0 bridgehead atoms. The van der Waals surface area contributed by atoms with Crippen LogP contribution in [0.25, 0.3) is 16.8 Å². The van der Waals surface area contributed by atoms with Gasteiger partial charge < -0.3 is 5.73 Å². The topological polar surface area (TPSA) is 119 Å². The highest BCUT2D eigenvalue weighted by Gasteiger charge is 2.09. The van der Waals surface area contributed by atoms with E-state index in [9.17, 15) is 13.2 Å². The Balaban J connectivity index is 1.97. The maximum Gasteiger partial charge on any atom is 0.229 e. The predicted octanol–water partition coefficient (Wildman–Crippen LogP) is 0.796. The van der Waals surface area contributed by atoms with Crippen molar-refractivity contribution in [1.82, 2.24) is 14.6 Å². The van der Waals surface area contributed by atoms with E-state index < -0.39 is 15.9 Å². The first-order valence-electron chi connectivity index (χ1n) is 7.02. The van der Waals surface area contributed by atoms with E-state index in [1.807, 2.05) is 12.1 Å². The summed E-state index contributed by atoms with van der Waals surface area (Å²) in [4.78, 5) is 15.2. The molecule has 9 heteroatoms. The van der Waals surface area contributed by atoms with E-state index >= 15 is 0 Å². The maximum absolute atomic E-state index is 11.3. The van der Waals surface area contributed by atoms with Crippen LogP contribution < -0.4 is 10.5 Å².